The first-order valence-corrected chi connectivity index (χ1v) is 6.40. The quantitative estimate of drug-likeness (QED) is 0.624. The van der Waals surface area contributed by atoms with Crippen LogP contribution in [-0.2, 0) is 0 Å². The molecule has 2 nitrogen and oxygen atoms in total. The van der Waals surface area contributed by atoms with Crippen LogP contribution in [0.15, 0.2) is 65.3 Å². The minimum Gasteiger partial charge on any atom is -0.279 e. The first kappa shape index (κ1) is 13.4. The highest BCUT2D eigenvalue weighted by Crippen LogP contribution is 2.13. The molecule has 0 heterocycles. The molecule has 0 aromatic heterocycles. The van der Waals surface area contributed by atoms with Crippen LogP contribution >= 0.6 is 11.6 Å². The number of nitrogens with one attached hydrogen (secondary N) is 1. The van der Waals surface area contributed by atoms with Crippen LogP contribution in [0.25, 0.3) is 6.08 Å². The van der Waals surface area contributed by atoms with E-state index in [9.17, 15) is 0 Å². The van der Waals surface area contributed by atoms with Gasteiger partial charge in [-0.05, 0) is 42.3 Å². The lowest BCUT2D eigenvalue weighted by Crippen LogP contribution is -1.89. The normalized spacial score (nSPS) is 11.8. The fourth-order valence-electron chi connectivity index (χ4n) is 1.58. The van der Waals surface area contributed by atoms with Crippen LogP contribution in [0, 0.1) is 0 Å². The average Bonchev–Trinajstić information content (AvgIpc) is 2.42. The molecule has 0 fully saturated rings. The van der Waals surface area contributed by atoms with Gasteiger partial charge < -0.3 is 0 Å². The molecule has 3 heteroatoms. The molecule has 0 aliphatic heterocycles. The molecule has 0 radical (unpaired) electrons. The van der Waals surface area contributed by atoms with E-state index in [0.29, 0.717) is 0 Å². The van der Waals surface area contributed by atoms with Gasteiger partial charge >= 0.3 is 0 Å². The third-order valence-corrected chi connectivity index (χ3v) is 2.75. The number of nitrogens with zero attached hydrogens (tertiary/aromatic N) is 1. The van der Waals surface area contributed by atoms with Crippen molar-refractivity contribution >= 4 is 29.6 Å². The predicted molar refractivity (Wildman–Crippen MR) is 83.7 cm³/mol. The standard InChI is InChI=1S/C16H15ClN2/c1-13(11-14-5-3-2-4-6-14)12-18-19-16-9-7-15(17)8-10-16/h2-12,19H,1H3/b13-11+,18-12+. The van der Waals surface area contributed by atoms with Crippen LogP contribution in [0.3, 0.4) is 0 Å². The molecule has 2 aromatic carbocycles. The van der Waals surface area contributed by atoms with E-state index < -0.39 is 0 Å². The number of hydrogen-bond acceptors (Lipinski definition) is 2. The minimum atomic E-state index is 0.717. The third-order valence-electron chi connectivity index (χ3n) is 2.50. The van der Waals surface area contributed by atoms with Crippen LogP contribution in [0.1, 0.15) is 12.5 Å². The summed E-state index contributed by atoms with van der Waals surface area (Å²) < 4.78 is 0. The van der Waals surface area contributed by atoms with E-state index in [1.807, 2.05) is 49.4 Å². The van der Waals surface area contributed by atoms with Crippen LogP contribution < -0.4 is 5.43 Å². The van der Waals surface area contributed by atoms with Crippen molar-refractivity contribution in [1.82, 2.24) is 0 Å². The van der Waals surface area contributed by atoms with Crippen molar-refractivity contribution in [1.29, 1.82) is 0 Å². The van der Waals surface area contributed by atoms with Gasteiger partial charge in [0.25, 0.3) is 0 Å². The molecule has 0 aliphatic carbocycles. The van der Waals surface area contributed by atoms with Crippen LogP contribution in [-0.4, -0.2) is 6.21 Å². The maximum atomic E-state index is 5.81. The summed E-state index contributed by atoms with van der Waals surface area (Å²) in [5.74, 6) is 0. The fourth-order valence-corrected chi connectivity index (χ4v) is 1.71. The lowest BCUT2D eigenvalue weighted by molar-refractivity contribution is 1.35. The predicted octanol–water partition coefficient (Wildman–Crippen LogP) is 4.84. The number of allylic oxidation sites excluding steroid dienone is 1. The second-order valence-corrected chi connectivity index (χ2v) is 4.61. The Morgan fingerprint density at radius 1 is 1.05 bits per heavy atom. The molecule has 0 saturated carbocycles. The summed E-state index contributed by atoms with van der Waals surface area (Å²) in [5.41, 5.74) is 6.11. The lowest BCUT2D eigenvalue weighted by atomic mass is 10.1. The van der Waals surface area contributed by atoms with Gasteiger partial charge in [-0.3, -0.25) is 5.43 Å². The van der Waals surface area contributed by atoms with Gasteiger partial charge in [-0.15, -0.1) is 0 Å². The second kappa shape index (κ2) is 6.76. The Morgan fingerprint density at radius 2 is 1.74 bits per heavy atom. The molecule has 96 valence electrons. The Kier molecular flexibility index (Phi) is 4.76. The van der Waals surface area contributed by atoms with Crippen molar-refractivity contribution in [2.75, 3.05) is 5.43 Å². The van der Waals surface area contributed by atoms with Crippen molar-refractivity contribution in [3.05, 3.63) is 70.8 Å². The van der Waals surface area contributed by atoms with Gasteiger partial charge in [0.15, 0.2) is 0 Å². The maximum absolute atomic E-state index is 5.81. The molecule has 19 heavy (non-hydrogen) atoms. The van der Waals surface area contributed by atoms with E-state index in [1.54, 1.807) is 6.21 Å². The Balaban J connectivity index is 1.95. The molecule has 0 spiro atoms. The zero-order valence-electron chi connectivity index (χ0n) is 10.7. The molecular weight excluding hydrogens is 256 g/mol. The van der Waals surface area contributed by atoms with Crippen molar-refractivity contribution in [2.24, 2.45) is 5.10 Å². The Morgan fingerprint density at radius 3 is 2.42 bits per heavy atom. The summed E-state index contributed by atoms with van der Waals surface area (Å²) in [4.78, 5) is 0. The first-order valence-electron chi connectivity index (χ1n) is 6.02. The van der Waals surface area contributed by atoms with E-state index in [2.05, 4.69) is 28.7 Å². The summed E-state index contributed by atoms with van der Waals surface area (Å²) in [6.45, 7) is 2.01. The SMILES string of the molecule is CC(/C=N/Nc1ccc(Cl)cc1)=C\c1ccccc1. The topological polar surface area (TPSA) is 24.4 Å². The van der Waals surface area contributed by atoms with Crippen LogP contribution in [0.4, 0.5) is 5.69 Å². The second-order valence-electron chi connectivity index (χ2n) is 4.18. The summed E-state index contributed by atoms with van der Waals surface area (Å²) in [7, 11) is 0. The minimum absolute atomic E-state index is 0.717. The van der Waals surface area contributed by atoms with Crippen molar-refractivity contribution in [3.63, 3.8) is 0 Å². The molecule has 0 saturated heterocycles. The molecule has 0 unspecified atom stereocenters. The number of anilines is 1. The Bertz CT molecular complexity index is 571. The molecule has 0 aliphatic rings. The number of benzene rings is 2. The summed E-state index contributed by atoms with van der Waals surface area (Å²) in [6.07, 6.45) is 3.87. The highest BCUT2D eigenvalue weighted by molar-refractivity contribution is 6.30. The molecule has 0 amide bonds. The highest BCUT2D eigenvalue weighted by atomic mass is 35.5. The average molecular weight is 271 g/mol. The number of hydrogen-bond donors (Lipinski definition) is 1. The highest BCUT2D eigenvalue weighted by Gasteiger charge is 1.90. The molecule has 1 N–H and O–H groups in total. The largest absolute Gasteiger partial charge is 0.279 e. The summed E-state index contributed by atoms with van der Waals surface area (Å²) >= 11 is 5.81. The van der Waals surface area contributed by atoms with Gasteiger partial charge in [-0.25, -0.2) is 0 Å². The monoisotopic (exact) mass is 270 g/mol. The van der Waals surface area contributed by atoms with E-state index in [1.165, 1.54) is 0 Å². The van der Waals surface area contributed by atoms with Crippen molar-refractivity contribution < 1.29 is 0 Å². The third kappa shape index (κ3) is 4.60. The van der Waals surface area contributed by atoms with Gasteiger partial charge in [-0.2, -0.15) is 5.10 Å². The molecule has 2 rings (SSSR count). The van der Waals surface area contributed by atoms with Crippen molar-refractivity contribution in [2.45, 2.75) is 6.92 Å². The number of rotatable bonds is 4. The van der Waals surface area contributed by atoms with Gasteiger partial charge in [0.05, 0.1) is 11.9 Å². The van der Waals surface area contributed by atoms with Gasteiger partial charge in [-0.1, -0.05) is 48.0 Å². The number of hydrazone groups is 1. The molecule has 0 atom stereocenters. The Labute approximate surface area is 118 Å². The van der Waals surface area contributed by atoms with Crippen LogP contribution in [0.5, 0.6) is 0 Å². The van der Waals surface area contributed by atoms with Gasteiger partial charge in [0, 0.05) is 5.02 Å². The van der Waals surface area contributed by atoms with Crippen LogP contribution in [0.2, 0.25) is 5.02 Å². The smallest absolute Gasteiger partial charge is 0.0562 e. The zero-order chi connectivity index (χ0) is 13.5. The maximum Gasteiger partial charge on any atom is 0.0562 e. The summed E-state index contributed by atoms with van der Waals surface area (Å²) in [6, 6.07) is 17.6. The Hall–Kier alpha value is -2.06. The van der Waals surface area contributed by atoms with E-state index >= 15 is 0 Å². The van der Waals surface area contributed by atoms with E-state index in [-0.39, 0.29) is 0 Å². The van der Waals surface area contributed by atoms with E-state index in [4.69, 9.17) is 11.6 Å². The number of halogens is 1. The van der Waals surface area contributed by atoms with Gasteiger partial charge in [0.1, 0.15) is 0 Å². The molecule has 2 aromatic rings. The summed E-state index contributed by atoms with van der Waals surface area (Å²) in [5, 5.41) is 4.90. The zero-order valence-corrected chi connectivity index (χ0v) is 11.4. The fraction of sp³-hybridized carbons (Fsp3) is 0.0625. The molecule has 0 bridgehead atoms. The molecular formula is C16H15ClN2. The van der Waals surface area contributed by atoms with Crippen molar-refractivity contribution in [3.8, 4) is 0 Å². The van der Waals surface area contributed by atoms with Gasteiger partial charge in [0.2, 0.25) is 0 Å². The first-order chi connectivity index (χ1) is 9.24. The van der Waals surface area contributed by atoms with E-state index in [0.717, 1.165) is 21.8 Å². The lowest BCUT2D eigenvalue weighted by Gasteiger charge is -1.99.